The number of nitrogens with zero attached hydrogens (tertiary/aromatic N) is 1. The summed E-state index contributed by atoms with van der Waals surface area (Å²) in [6.07, 6.45) is 2.63. The van der Waals surface area contributed by atoms with Gasteiger partial charge in [-0.05, 0) is 13.3 Å². The fourth-order valence-electron chi connectivity index (χ4n) is 0.871. The Kier molecular flexibility index (Phi) is 3.70. The fourth-order valence-corrected chi connectivity index (χ4v) is 1.56. The van der Waals surface area contributed by atoms with Gasteiger partial charge >= 0.3 is 5.97 Å². The van der Waals surface area contributed by atoms with Gasteiger partial charge in [-0.3, -0.25) is 4.79 Å². The molecule has 1 rings (SSSR count). The fraction of sp³-hybridized carbons (Fsp3) is 0.500. The molecule has 1 heterocycles. The van der Waals surface area contributed by atoms with Crippen molar-refractivity contribution < 1.29 is 9.90 Å². The largest absolute Gasteiger partial charge is 0.481 e. The molecule has 0 aliphatic carbocycles. The van der Waals surface area contributed by atoms with Crippen LogP contribution >= 0.6 is 11.3 Å². The molecule has 2 N–H and O–H groups in total. The van der Waals surface area contributed by atoms with Crippen LogP contribution in [0.4, 0.5) is 5.13 Å². The number of aryl methyl sites for hydroxylation is 1. The molecule has 0 spiro atoms. The normalized spacial score (nSPS) is 9.92. The van der Waals surface area contributed by atoms with E-state index in [0.717, 1.165) is 10.0 Å². The highest BCUT2D eigenvalue weighted by Gasteiger charge is 1.98. The van der Waals surface area contributed by atoms with Gasteiger partial charge in [0.1, 0.15) is 0 Å². The first-order valence-corrected chi connectivity index (χ1v) is 4.88. The van der Waals surface area contributed by atoms with Crippen LogP contribution in [0.25, 0.3) is 0 Å². The number of aliphatic carboxylic acids is 1. The summed E-state index contributed by atoms with van der Waals surface area (Å²) in [5.74, 6) is -0.753. The third-order valence-corrected chi connectivity index (χ3v) is 2.34. The van der Waals surface area contributed by atoms with E-state index in [1.165, 1.54) is 0 Å². The molecule has 1 aromatic rings. The van der Waals surface area contributed by atoms with Gasteiger partial charge in [0, 0.05) is 24.0 Å². The summed E-state index contributed by atoms with van der Waals surface area (Å²) in [6.45, 7) is 2.65. The molecule has 0 atom stereocenters. The number of thiazole rings is 1. The number of hydrogen-bond donors (Lipinski definition) is 2. The SMILES string of the molecule is Cc1cnc(NCCCC(=O)O)s1. The predicted molar refractivity (Wildman–Crippen MR) is 52.2 cm³/mol. The summed E-state index contributed by atoms with van der Waals surface area (Å²) in [5.41, 5.74) is 0. The summed E-state index contributed by atoms with van der Waals surface area (Å²) in [5, 5.41) is 12.3. The Morgan fingerprint density at radius 2 is 2.54 bits per heavy atom. The third-order valence-electron chi connectivity index (χ3n) is 1.46. The quantitative estimate of drug-likeness (QED) is 0.710. The van der Waals surface area contributed by atoms with Crippen LogP contribution in [0.1, 0.15) is 17.7 Å². The number of rotatable bonds is 5. The van der Waals surface area contributed by atoms with E-state index in [1.807, 2.05) is 6.92 Å². The molecule has 0 saturated heterocycles. The van der Waals surface area contributed by atoms with E-state index in [-0.39, 0.29) is 6.42 Å². The number of hydrogen-bond acceptors (Lipinski definition) is 4. The highest BCUT2D eigenvalue weighted by Crippen LogP contribution is 2.16. The molecule has 0 unspecified atom stereocenters. The number of nitrogens with one attached hydrogen (secondary N) is 1. The van der Waals surface area contributed by atoms with E-state index in [9.17, 15) is 4.79 Å². The van der Waals surface area contributed by atoms with Crippen molar-refractivity contribution in [2.24, 2.45) is 0 Å². The molecule has 72 valence electrons. The Morgan fingerprint density at radius 3 is 3.08 bits per heavy atom. The second-order valence-corrected chi connectivity index (χ2v) is 3.93. The van der Waals surface area contributed by atoms with E-state index < -0.39 is 5.97 Å². The standard InChI is InChI=1S/C8H12N2O2S/c1-6-5-10-8(13-6)9-4-2-3-7(11)12/h5H,2-4H2,1H3,(H,9,10)(H,11,12). The molecule has 4 nitrogen and oxygen atoms in total. The molecule has 0 radical (unpaired) electrons. The summed E-state index contributed by atoms with van der Waals surface area (Å²) in [7, 11) is 0. The van der Waals surface area contributed by atoms with Gasteiger partial charge in [0.05, 0.1) is 0 Å². The highest BCUT2D eigenvalue weighted by molar-refractivity contribution is 7.15. The van der Waals surface area contributed by atoms with Gasteiger partial charge in [-0.1, -0.05) is 0 Å². The first-order chi connectivity index (χ1) is 6.18. The summed E-state index contributed by atoms with van der Waals surface area (Å²) >= 11 is 1.58. The van der Waals surface area contributed by atoms with E-state index in [2.05, 4.69) is 10.3 Å². The average Bonchev–Trinajstić information content (AvgIpc) is 2.45. The highest BCUT2D eigenvalue weighted by atomic mass is 32.1. The van der Waals surface area contributed by atoms with Crippen molar-refractivity contribution in [1.82, 2.24) is 4.98 Å². The smallest absolute Gasteiger partial charge is 0.303 e. The second kappa shape index (κ2) is 4.81. The lowest BCUT2D eigenvalue weighted by molar-refractivity contribution is -0.137. The molecule has 0 amide bonds. The van der Waals surface area contributed by atoms with Gasteiger partial charge in [-0.15, -0.1) is 11.3 Å². The molecule has 0 aliphatic rings. The van der Waals surface area contributed by atoms with Crippen LogP contribution in [-0.2, 0) is 4.79 Å². The number of aromatic nitrogens is 1. The zero-order valence-electron chi connectivity index (χ0n) is 7.41. The molecule has 0 fully saturated rings. The summed E-state index contributed by atoms with van der Waals surface area (Å²) in [4.78, 5) is 15.4. The molecule has 0 aromatic carbocycles. The van der Waals surface area contributed by atoms with Crippen LogP contribution in [0, 0.1) is 6.92 Å². The van der Waals surface area contributed by atoms with E-state index in [1.54, 1.807) is 17.5 Å². The molecule has 5 heteroatoms. The van der Waals surface area contributed by atoms with Gasteiger partial charge < -0.3 is 10.4 Å². The topological polar surface area (TPSA) is 62.2 Å². The van der Waals surface area contributed by atoms with Crippen molar-refractivity contribution in [3.8, 4) is 0 Å². The lowest BCUT2D eigenvalue weighted by Gasteiger charge is -1.99. The zero-order chi connectivity index (χ0) is 9.68. The molecular formula is C8H12N2O2S. The van der Waals surface area contributed by atoms with Gasteiger partial charge in [0.25, 0.3) is 0 Å². The van der Waals surface area contributed by atoms with Gasteiger partial charge in [0.15, 0.2) is 5.13 Å². The first kappa shape index (κ1) is 9.98. The van der Waals surface area contributed by atoms with Gasteiger partial charge in [0.2, 0.25) is 0 Å². The molecule has 1 aromatic heterocycles. The molecule has 13 heavy (non-hydrogen) atoms. The van der Waals surface area contributed by atoms with Crippen molar-refractivity contribution in [3.05, 3.63) is 11.1 Å². The lowest BCUT2D eigenvalue weighted by atomic mass is 10.3. The lowest BCUT2D eigenvalue weighted by Crippen LogP contribution is -2.04. The Hall–Kier alpha value is -1.10. The maximum Gasteiger partial charge on any atom is 0.303 e. The Bertz CT molecular complexity index is 285. The Balaban J connectivity index is 2.16. The van der Waals surface area contributed by atoms with E-state index >= 15 is 0 Å². The zero-order valence-corrected chi connectivity index (χ0v) is 8.23. The Morgan fingerprint density at radius 1 is 1.77 bits per heavy atom. The molecule has 0 aliphatic heterocycles. The number of carboxylic acid groups (broad SMARTS) is 1. The number of carbonyl (C=O) groups is 1. The van der Waals surface area contributed by atoms with Crippen LogP contribution in [-0.4, -0.2) is 22.6 Å². The number of anilines is 1. The van der Waals surface area contributed by atoms with Gasteiger partial charge in [-0.2, -0.15) is 0 Å². The third kappa shape index (κ3) is 3.89. The van der Waals surface area contributed by atoms with E-state index in [4.69, 9.17) is 5.11 Å². The van der Waals surface area contributed by atoms with Crippen LogP contribution in [0.3, 0.4) is 0 Å². The first-order valence-electron chi connectivity index (χ1n) is 4.06. The van der Waals surface area contributed by atoms with Crippen LogP contribution in [0.2, 0.25) is 0 Å². The Labute approximate surface area is 80.6 Å². The van der Waals surface area contributed by atoms with Crippen molar-refractivity contribution >= 4 is 22.4 Å². The minimum atomic E-state index is -0.753. The summed E-state index contributed by atoms with van der Waals surface area (Å²) in [6, 6.07) is 0. The average molecular weight is 200 g/mol. The maximum atomic E-state index is 10.2. The van der Waals surface area contributed by atoms with E-state index in [0.29, 0.717) is 13.0 Å². The minimum absolute atomic E-state index is 0.206. The summed E-state index contributed by atoms with van der Waals surface area (Å²) < 4.78 is 0. The van der Waals surface area contributed by atoms with Crippen LogP contribution < -0.4 is 5.32 Å². The van der Waals surface area contributed by atoms with Crippen molar-refractivity contribution in [2.75, 3.05) is 11.9 Å². The van der Waals surface area contributed by atoms with Gasteiger partial charge in [-0.25, -0.2) is 4.98 Å². The second-order valence-electron chi connectivity index (χ2n) is 2.70. The molecular weight excluding hydrogens is 188 g/mol. The van der Waals surface area contributed by atoms with Crippen molar-refractivity contribution in [3.63, 3.8) is 0 Å². The number of carboxylic acids is 1. The molecule has 0 saturated carbocycles. The van der Waals surface area contributed by atoms with Crippen LogP contribution in [0.15, 0.2) is 6.20 Å². The van der Waals surface area contributed by atoms with Crippen molar-refractivity contribution in [2.45, 2.75) is 19.8 Å². The molecule has 0 bridgehead atoms. The maximum absolute atomic E-state index is 10.2. The monoisotopic (exact) mass is 200 g/mol. The minimum Gasteiger partial charge on any atom is -0.481 e. The predicted octanol–water partition coefficient (Wildman–Crippen LogP) is 1.73. The van der Waals surface area contributed by atoms with Crippen LogP contribution in [0.5, 0.6) is 0 Å². The van der Waals surface area contributed by atoms with Crippen molar-refractivity contribution in [1.29, 1.82) is 0 Å².